The second-order valence-corrected chi connectivity index (χ2v) is 6.06. The number of amides is 3. The maximum absolute atomic E-state index is 13.2. The third-order valence-corrected chi connectivity index (χ3v) is 3.77. The molecule has 0 spiro atoms. The van der Waals surface area contributed by atoms with E-state index in [0.29, 0.717) is 16.9 Å². The van der Waals surface area contributed by atoms with Gasteiger partial charge in [0.15, 0.2) is 0 Å². The second-order valence-electron chi connectivity index (χ2n) is 6.06. The summed E-state index contributed by atoms with van der Waals surface area (Å²) in [6.07, 6.45) is 0.0653. The van der Waals surface area contributed by atoms with Gasteiger partial charge in [-0.15, -0.1) is 0 Å². The van der Waals surface area contributed by atoms with E-state index in [1.165, 1.54) is 30.9 Å². The highest BCUT2D eigenvalue weighted by Gasteiger charge is 2.13. The molecular weight excluding hydrogens is 349 g/mol. The molecule has 0 aliphatic rings. The summed E-state index contributed by atoms with van der Waals surface area (Å²) >= 11 is 0. The lowest BCUT2D eigenvalue weighted by molar-refractivity contribution is -0.121. The number of carbonyl (C=O) groups is 3. The van der Waals surface area contributed by atoms with Crippen LogP contribution in [0.3, 0.4) is 0 Å². The number of halogens is 1. The molecular formula is C20H22FN3O3. The average molecular weight is 371 g/mol. The normalized spacial score (nSPS) is 10.2. The minimum absolute atomic E-state index is 0.0653. The van der Waals surface area contributed by atoms with E-state index in [4.69, 9.17) is 0 Å². The van der Waals surface area contributed by atoms with Crippen molar-refractivity contribution in [1.29, 1.82) is 0 Å². The van der Waals surface area contributed by atoms with Crippen LogP contribution in [0.4, 0.5) is 15.8 Å². The van der Waals surface area contributed by atoms with Crippen LogP contribution in [0, 0.1) is 5.82 Å². The molecule has 0 saturated carbocycles. The van der Waals surface area contributed by atoms with Gasteiger partial charge in [-0.1, -0.05) is 18.2 Å². The summed E-state index contributed by atoms with van der Waals surface area (Å²) in [5.41, 5.74) is 1.79. The van der Waals surface area contributed by atoms with E-state index < -0.39 is 0 Å². The minimum Gasteiger partial charge on any atom is -0.354 e. The lowest BCUT2D eigenvalue weighted by Gasteiger charge is -2.22. The van der Waals surface area contributed by atoms with Crippen LogP contribution in [0.5, 0.6) is 0 Å². The fraction of sp³-hybridized carbons (Fsp3) is 0.250. The van der Waals surface area contributed by atoms with Gasteiger partial charge in [0.2, 0.25) is 17.7 Å². The number of carbonyl (C=O) groups excluding carboxylic acids is 3. The van der Waals surface area contributed by atoms with E-state index in [9.17, 15) is 18.8 Å². The molecule has 2 aromatic carbocycles. The fourth-order valence-corrected chi connectivity index (χ4v) is 2.63. The summed E-state index contributed by atoms with van der Waals surface area (Å²) in [6, 6.07) is 12.8. The van der Waals surface area contributed by atoms with E-state index in [0.717, 1.165) is 0 Å². The maximum atomic E-state index is 13.2. The highest BCUT2D eigenvalue weighted by Crippen LogP contribution is 2.19. The zero-order valence-electron chi connectivity index (χ0n) is 15.3. The molecule has 6 nitrogen and oxygen atoms in total. The second kappa shape index (κ2) is 9.47. The molecule has 0 atom stereocenters. The monoisotopic (exact) mass is 371 g/mol. The molecule has 0 radical (unpaired) electrons. The van der Waals surface area contributed by atoms with Gasteiger partial charge in [0, 0.05) is 38.3 Å². The van der Waals surface area contributed by atoms with Gasteiger partial charge in [-0.25, -0.2) is 4.39 Å². The van der Waals surface area contributed by atoms with Crippen LogP contribution in [0.15, 0.2) is 48.5 Å². The molecule has 2 aromatic rings. The van der Waals surface area contributed by atoms with Crippen LogP contribution in [-0.4, -0.2) is 30.8 Å². The predicted octanol–water partition coefficient (Wildman–Crippen LogP) is 2.50. The molecule has 27 heavy (non-hydrogen) atoms. The smallest absolute Gasteiger partial charge is 0.224 e. The molecule has 0 aliphatic heterocycles. The molecule has 0 bridgehead atoms. The first-order valence-corrected chi connectivity index (χ1v) is 8.52. The van der Waals surface area contributed by atoms with E-state index in [-0.39, 0.29) is 43.0 Å². The molecule has 0 saturated heterocycles. The maximum Gasteiger partial charge on any atom is 0.224 e. The molecule has 0 aliphatic carbocycles. The summed E-state index contributed by atoms with van der Waals surface area (Å²) in [5.74, 6) is -1.03. The highest BCUT2D eigenvalue weighted by molar-refractivity contribution is 5.94. The number of rotatable bonds is 7. The van der Waals surface area contributed by atoms with Crippen molar-refractivity contribution in [3.05, 3.63) is 59.9 Å². The van der Waals surface area contributed by atoms with E-state index in [2.05, 4.69) is 10.6 Å². The van der Waals surface area contributed by atoms with Crippen molar-refractivity contribution >= 4 is 29.1 Å². The Balaban J connectivity index is 1.94. The van der Waals surface area contributed by atoms with Gasteiger partial charge in [-0.3, -0.25) is 14.4 Å². The predicted molar refractivity (Wildman–Crippen MR) is 102 cm³/mol. The summed E-state index contributed by atoms with van der Waals surface area (Å²) in [7, 11) is 0. The van der Waals surface area contributed by atoms with Crippen molar-refractivity contribution in [2.45, 2.75) is 20.3 Å². The number of nitrogens with one attached hydrogen (secondary N) is 2. The Bertz CT molecular complexity index is 839. The number of nitrogens with zero attached hydrogens (tertiary/aromatic N) is 1. The van der Waals surface area contributed by atoms with Crippen molar-refractivity contribution in [3.63, 3.8) is 0 Å². The molecule has 0 unspecified atom stereocenters. The SMILES string of the molecule is CC(=O)Nc1cccc(N(CCNC(=O)Cc2cccc(F)c2)C(C)=O)c1. The van der Waals surface area contributed by atoms with Crippen molar-refractivity contribution in [2.75, 3.05) is 23.3 Å². The lowest BCUT2D eigenvalue weighted by atomic mass is 10.1. The van der Waals surface area contributed by atoms with Crippen molar-refractivity contribution in [3.8, 4) is 0 Å². The Morgan fingerprint density at radius 2 is 1.78 bits per heavy atom. The quantitative estimate of drug-likeness (QED) is 0.785. The molecule has 0 heterocycles. The van der Waals surface area contributed by atoms with Gasteiger partial charge >= 0.3 is 0 Å². The molecule has 0 fully saturated rings. The van der Waals surface area contributed by atoms with Crippen molar-refractivity contribution < 1.29 is 18.8 Å². The number of anilines is 2. The van der Waals surface area contributed by atoms with Crippen LogP contribution >= 0.6 is 0 Å². The first-order chi connectivity index (χ1) is 12.8. The summed E-state index contributed by atoms with van der Waals surface area (Å²) < 4.78 is 13.2. The highest BCUT2D eigenvalue weighted by atomic mass is 19.1. The molecule has 142 valence electrons. The Morgan fingerprint density at radius 1 is 1.04 bits per heavy atom. The fourth-order valence-electron chi connectivity index (χ4n) is 2.63. The van der Waals surface area contributed by atoms with Crippen LogP contribution in [0.25, 0.3) is 0 Å². The third-order valence-electron chi connectivity index (χ3n) is 3.77. The molecule has 0 aromatic heterocycles. The summed E-state index contributed by atoms with van der Waals surface area (Å²) in [5, 5.41) is 5.40. The molecule has 2 rings (SSSR count). The van der Waals surface area contributed by atoms with Gasteiger partial charge in [-0.2, -0.15) is 0 Å². The molecule has 2 N–H and O–H groups in total. The Hall–Kier alpha value is -3.22. The largest absolute Gasteiger partial charge is 0.354 e. The van der Waals surface area contributed by atoms with Gasteiger partial charge < -0.3 is 15.5 Å². The van der Waals surface area contributed by atoms with Crippen LogP contribution < -0.4 is 15.5 Å². The number of hydrogen-bond acceptors (Lipinski definition) is 3. The lowest BCUT2D eigenvalue weighted by Crippen LogP contribution is -2.38. The first-order valence-electron chi connectivity index (χ1n) is 8.52. The zero-order chi connectivity index (χ0) is 19.8. The zero-order valence-corrected chi connectivity index (χ0v) is 15.3. The van der Waals surface area contributed by atoms with Gasteiger partial charge in [0.1, 0.15) is 5.82 Å². The summed E-state index contributed by atoms with van der Waals surface area (Å²) in [4.78, 5) is 36.7. The summed E-state index contributed by atoms with van der Waals surface area (Å²) in [6.45, 7) is 3.36. The van der Waals surface area contributed by atoms with E-state index in [1.807, 2.05) is 0 Å². The average Bonchev–Trinajstić information content (AvgIpc) is 2.58. The van der Waals surface area contributed by atoms with Gasteiger partial charge in [-0.05, 0) is 35.9 Å². The number of benzene rings is 2. The molecule has 7 heteroatoms. The van der Waals surface area contributed by atoms with Crippen molar-refractivity contribution in [1.82, 2.24) is 5.32 Å². The number of hydrogen-bond donors (Lipinski definition) is 2. The Morgan fingerprint density at radius 3 is 2.44 bits per heavy atom. The van der Waals surface area contributed by atoms with Crippen LogP contribution in [0.2, 0.25) is 0 Å². The van der Waals surface area contributed by atoms with Gasteiger partial charge in [0.05, 0.1) is 6.42 Å². The molecule has 3 amide bonds. The topological polar surface area (TPSA) is 78.5 Å². The van der Waals surface area contributed by atoms with Crippen LogP contribution in [-0.2, 0) is 20.8 Å². The minimum atomic E-state index is -0.387. The van der Waals surface area contributed by atoms with Crippen LogP contribution in [0.1, 0.15) is 19.4 Å². The van der Waals surface area contributed by atoms with E-state index >= 15 is 0 Å². The van der Waals surface area contributed by atoms with E-state index in [1.54, 1.807) is 36.4 Å². The first kappa shape index (κ1) is 20.1. The Kier molecular flexibility index (Phi) is 7.05. The van der Waals surface area contributed by atoms with Gasteiger partial charge in [0.25, 0.3) is 0 Å². The van der Waals surface area contributed by atoms with Crippen molar-refractivity contribution in [2.24, 2.45) is 0 Å². The third kappa shape index (κ3) is 6.54. The Labute approximate surface area is 157 Å². The standard InChI is InChI=1S/C20H22FN3O3/c1-14(25)23-18-7-4-8-19(13-18)24(15(2)26)10-9-22-20(27)12-16-5-3-6-17(21)11-16/h3-8,11,13H,9-10,12H2,1-2H3,(H,22,27)(H,23,25).